The van der Waals surface area contributed by atoms with Gasteiger partial charge in [0.2, 0.25) is 0 Å². The fourth-order valence-corrected chi connectivity index (χ4v) is 4.68. The van der Waals surface area contributed by atoms with E-state index in [0.29, 0.717) is 18.7 Å². The fraction of sp³-hybridized carbons (Fsp3) is 0.700. The second-order valence-electron chi connectivity index (χ2n) is 7.90. The second-order valence-corrected chi connectivity index (χ2v) is 7.90. The number of ether oxygens (including phenoxy) is 1. The van der Waals surface area contributed by atoms with Crippen molar-refractivity contribution >= 4 is 0 Å². The first-order chi connectivity index (χ1) is 12.9. The maximum absolute atomic E-state index is 13.2. The van der Waals surface area contributed by atoms with Crippen LogP contribution in [0, 0.1) is 11.3 Å². The van der Waals surface area contributed by atoms with Gasteiger partial charge in [0.25, 0.3) is 0 Å². The van der Waals surface area contributed by atoms with Gasteiger partial charge in [0, 0.05) is 45.8 Å². The van der Waals surface area contributed by atoms with E-state index < -0.39 is 11.7 Å². The molecule has 1 spiro atoms. The molecule has 1 unspecified atom stereocenters. The number of methoxy groups -OCH3 is 1. The molecule has 2 saturated heterocycles. The standard InChI is InChI=1S/C20H29F3N2O2/c1-27-11-10-25-13-17(14-26)19(15-25)6-8-24(9-7-19)12-16-4-2-3-5-18(16)20(21,22)23/h2-5,17,26H,6-15H2,1H3. The molecule has 0 bridgehead atoms. The normalized spacial score (nSPS) is 24.0. The van der Waals surface area contributed by atoms with Crippen LogP contribution in [-0.4, -0.2) is 68.0 Å². The van der Waals surface area contributed by atoms with E-state index in [9.17, 15) is 18.3 Å². The van der Waals surface area contributed by atoms with Crippen molar-refractivity contribution in [2.45, 2.75) is 25.6 Å². The lowest BCUT2D eigenvalue weighted by atomic mass is 9.71. The summed E-state index contributed by atoms with van der Waals surface area (Å²) < 4.78 is 44.8. The molecule has 1 atom stereocenters. The monoisotopic (exact) mass is 386 g/mol. The number of aliphatic hydroxyl groups excluding tert-OH is 1. The minimum absolute atomic E-state index is 0.0720. The number of aliphatic hydroxyl groups is 1. The van der Waals surface area contributed by atoms with E-state index in [1.807, 2.05) is 0 Å². The zero-order valence-electron chi connectivity index (χ0n) is 15.8. The molecule has 152 valence electrons. The first-order valence-electron chi connectivity index (χ1n) is 9.57. The molecule has 1 aromatic carbocycles. The highest BCUT2D eigenvalue weighted by Gasteiger charge is 2.47. The quantitative estimate of drug-likeness (QED) is 0.816. The highest BCUT2D eigenvalue weighted by atomic mass is 19.4. The lowest BCUT2D eigenvalue weighted by molar-refractivity contribution is -0.138. The van der Waals surface area contributed by atoms with Gasteiger partial charge in [0.15, 0.2) is 0 Å². The van der Waals surface area contributed by atoms with E-state index in [2.05, 4.69) is 9.80 Å². The van der Waals surface area contributed by atoms with Crippen molar-refractivity contribution in [2.75, 3.05) is 53.0 Å². The van der Waals surface area contributed by atoms with Crippen LogP contribution in [0.2, 0.25) is 0 Å². The summed E-state index contributed by atoms with van der Waals surface area (Å²) in [6, 6.07) is 5.85. The third-order valence-electron chi connectivity index (χ3n) is 6.28. The van der Waals surface area contributed by atoms with Gasteiger partial charge in [-0.25, -0.2) is 0 Å². The van der Waals surface area contributed by atoms with E-state index in [1.165, 1.54) is 6.07 Å². The van der Waals surface area contributed by atoms with Crippen LogP contribution in [0.5, 0.6) is 0 Å². The average Bonchev–Trinajstić information content (AvgIpc) is 2.99. The van der Waals surface area contributed by atoms with Crippen molar-refractivity contribution in [2.24, 2.45) is 11.3 Å². The molecule has 2 fully saturated rings. The maximum Gasteiger partial charge on any atom is 0.416 e. The molecule has 7 heteroatoms. The number of alkyl halides is 3. The van der Waals surface area contributed by atoms with Crippen LogP contribution >= 0.6 is 0 Å². The molecule has 0 amide bonds. The Bertz CT molecular complexity index is 615. The van der Waals surface area contributed by atoms with Crippen LogP contribution in [-0.2, 0) is 17.5 Å². The third kappa shape index (κ3) is 4.65. The summed E-state index contributed by atoms with van der Waals surface area (Å²) in [5, 5.41) is 9.86. The molecule has 0 aliphatic carbocycles. The molecule has 2 heterocycles. The molecule has 0 saturated carbocycles. The summed E-state index contributed by atoms with van der Waals surface area (Å²) in [5.74, 6) is 0.235. The summed E-state index contributed by atoms with van der Waals surface area (Å²) in [6.07, 6.45) is -2.49. The summed E-state index contributed by atoms with van der Waals surface area (Å²) in [4.78, 5) is 4.46. The van der Waals surface area contributed by atoms with Crippen LogP contribution in [0.25, 0.3) is 0 Å². The van der Waals surface area contributed by atoms with E-state index in [1.54, 1.807) is 19.2 Å². The molecule has 2 aliphatic heterocycles. The van der Waals surface area contributed by atoms with Gasteiger partial charge in [-0.2, -0.15) is 13.2 Å². The van der Waals surface area contributed by atoms with Crippen molar-refractivity contribution in [3.63, 3.8) is 0 Å². The average molecular weight is 386 g/mol. The van der Waals surface area contributed by atoms with Crippen molar-refractivity contribution < 1.29 is 23.0 Å². The topological polar surface area (TPSA) is 35.9 Å². The molecule has 1 aromatic rings. The third-order valence-corrected chi connectivity index (χ3v) is 6.28. The highest BCUT2D eigenvalue weighted by molar-refractivity contribution is 5.29. The minimum Gasteiger partial charge on any atom is -0.396 e. The number of halogens is 3. The first-order valence-corrected chi connectivity index (χ1v) is 9.57. The zero-order valence-corrected chi connectivity index (χ0v) is 15.8. The lowest BCUT2D eigenvalue weighted by Crippen LogP contribution is -2.45. The van der Waals surface area contributed by atoms with Crippen LogP contribution in [0.3, 0.4) is 0 Å². The number of hydrogen-bond acceptors (Lipinski definition) is 4. The summed E-state index contributed by atoms with van der Waals surface area (Å²) in [6.45, 7) is 5.36. The lowest BCUT2D eigenvalue weighted by Gasteiger charge is -2.42. The molecule has 4 nitrogen and oxygen atoms in total. The van der Waals surface area contributed by atoms with Crippen LogP contribution in [0.15, 0.2) is 24.3 Å². The van der Waals surface area contributed by atoms with Gasteiger partial charge in [-0.3, -0.25) is 4.90 Å². The molecule has 2 aliphatic rings. The first kappa shape index (κ1) is 20.6. The molecule has 0 radical (unpaired) electrons. The van der Waals surface area contributed by atoms with Gasteiger partial charge in [-0.15, -0.1) is 0 Å². The molecular weight excluding hydrogens is 357 g/mol. The van der Waals surface area contributed by atoms with Crippen LogP contribution in [0.1, 0.15) is 24.0 Å². The van der Waals surface area contributed by atoms with Gasteiger partial charge >= 0.3 is 6.18 Å². The van der Waals surface area contributed by atoms with E-state index in [-0.39, 0.29) is 17.9 Å². The van der Waals surface area contributed by atoms with Crippen LogP contribution in [0.4, 0.5) is 13.2 Å². The predicted octanol–water partition coefficient (Wildman–Crippen LogP) is 2.86. The van der Waals surface area contributed by atoms with Gasteiger partial charge in [-0.05, 0) is 43.0 Å². The molecule has 1 N–H and O–H groups in total. The van der Waals surface area contributed by atoms with Crippen molar-refractivity contribution in [3.05, 3.63) is 35.4 Å². The number of rotatable bonds is 6. The Morgan fingerprint density at radius 1 is 1.19 bits per heavy atom. The number of nitrogens with zero attached hydrogens (tertiary/aromatic N) is 2. The van der Waals surface area contributed by atoms with Gasteiger partial charge in [0.1, 0.15) is 0 Å². The SMILES string of the molecule is COCCN1CC(CO)C2(CCN(Cc3ccccc3C(F)(F)F)CC2)C1. The van der Waals surface area contributed by atoms with Crippen molar-refractivity contribution in [1.82, 2.24) is 9.80 Å². The molecular formula is C20H29F3N2O2. The van der Waals surface area contributed by atoms with E-state index in [0.717, 1.165) is 51.6 Å². The fourth-order valence-electron chi connectivity index (χ4n) is 4.68. The Kier molecular flexibility index (Phi) is 6.46. The van der Waals surface area contributed by atoms with Crippen LogP contribution < -0.4 is 0 Å². The van der Waals surface area contributed by atoms with Gasteiger partial charge in [0.05, 0.1) is 12.2 Å². The predicted molar refractivity (Wildman–Crippen MR) is 97.3 cm³/mol. The number of benzene rings is 1. The minimum atomic E-state index is -4.32. The van der Waals surface area contributed by atoms with Crippen molar-refractivity contribution in [1.29, 1.82) is 0 Å². The summed E-state index contributed by atoms with van der Waals surface area (Å²) in [7, 11) is 1.69. The maximum atomic E-state index is 13.2. The Hall–Kier alpha value is -1.15. The van der Waals surface area contributed by atoms with Gasteiger partial charge < -0.3 is 14.7 Å². The molecule has 3 rings (SSSR count). The van der Waals surface area contributed by atoms with Gasteiger partial charge in [-0.1, -0.05) is 18.2 Å². The number of likely N-dealkylation sites (tertiary alicyclic amines) is 2. The highest BCUT2D eigenvalue weighted by Crippen LogP contribution is 2.44. The van der Waals surface area contributed by atoms with E-state index in [4.69, 9.17) is 4.74 Å². The number of piperidine rings is 1. The Morgan fingerprint density at radius 2 is 1.89 bits per heavy atom. The molecule has 0 aromatic heterocycles. The second kappa shape index (κ2) is 8.47. The summed E-state index contributed by atoms with van der Waals surface area (Å²) >= 11 is 0. The van der Waals surface area contributed by atoms with Crippen molar-refractivity contribution in [3.8, 4) is 0 Å². The zero-order chi connectivity index (χ0) is 19.5. The smallest absolute Gasteiger partial charge is 0.396 e. The summed E-state index contributed by atoms with van der Waals surface area (Å²) in [5.41, 5.74) is -0.124. The number of hydrogen-bond donors (Lipinski definition) is 1. The molecule has 27 heavy (non-hydrogen) atoms. The Balaban J connectivity index is 1.62. The van der Waals surface area contributed by atoms with E-state index >= 15 is 0 Å². The Morgan fingerprint density at radius 3 is 2.52 bits per heavy atom. The largest absolute Gasteiger partial charge is 0.416 e. The Labute approximate surface area is 158 Å².